The first-order valence-electron chi connectivity index (χ1n) is 10.5. The van der Waals surface area contributed by atoms with E-state index in [2.05, 4.69) is 49.2 Å². The van der Waals surface area contributed by atoms with Crippen LogP contribution in [0.4, 0.5) is 13.2 Å². The van der Waals surface area contributed by atoms with Crippen molar-refractivity contribution in [3.05, 3.63) is 83.2 Å². The second-order valence-corrected chi connectivity index (χ2v) is 8.62. The Morgan fingerprint density at radius 1 is 0.781 bits per heavy atom. The lowest BCUT2D eigenvalue weighted by Gasteiger charge is -2.17. The van der Waals surface area contributed by atoms with Gasteiger partial charge in [-0.15, -0.1) is 0 Å². The lowest BCUT2D eigenvalue weighted by atomic mass is 9.91. The molecule has 2 nitrogen and oxygen atoms in total. The van der Waals surface area contributed by atoms with Crippen molar-refractivity contribution in [3.63, 3.8) is 0 Å². The molecule has 0 saturated heterocycles. The van der Waals surface area contributed by atoms with Gasteiger partial charge < -0.3 is 0 Å². The van der Waals surface area contributed by atoms with Crippen LogP contribution < -0.4 is 0 Å². The average Bonchev–Trinajstić information content (AvgIpc) is 3.23. The van der Waals surface area contributed by atoms with E-state index in [0.717, 1.165) is 60.7 Å². The molecule has 0 aliphatic heterocycles. The van der Waals surface area contributed by atoms with Gasteiger partial charge in [-0.25, -0.2) is 4.98 Å². The summed E-state index contributed by atoms with van der Waals surface area (Å²) in [6.07, 6.45) is -0.859. The van der Waals surface area contributed by atoms with Crippen LogP contribution in [0.3, 0.4) is 0 Å². The lowest BCUT2D eigenvalue weighted by molar-refractivity contribution is -0.137. The number of imidazole rings is 1. The van der Waals surface area contributed by atoms with Crippen molar-refractivity contribution < 1.29 is 13.2 Å². The van der Waals surface area contributed by atoms with Crippen LogP contribution in [0.5, 0.6) is 0 Å². The summed E-state index contributed by atoms with van der Waals surface area (Å²) in [5.41, 5.74) is 4.10. The minimum Gasteiger partial charge on any atom is -0.299 e. The molecular weight excluding hydrogens is 409 g/mol. The van der Waals surface area contributed by atoms with Gasteiger partial charge in [-0.3, -0.25) is 4.40 Å². The maximum Gasteiger partial charge on any atom is 0.416 e. The van der Waals surface area contributed by atoms with Gasteiger partial charge in [0.1, 0.15) is 5.65 Å². The Hall–Kier alpha value is -3.60. The highest BCUT2D eigenvalue weighted by molar-refractivity contribution is 6.23. The average molecular weight is 428 g/mol. The summed E-state index contributed by atoms with van der Waals surface area (Å²) >= 11 is 0. The molecule has 0 aliphatic rings. The molecule has 0 spiro atoms. The highest BCUT2D eigenvalue weighted by Gasteiger charge is 2.31. The third-order valence-corrected chi connectivity index (χ3v) is 6.59. The van der Waals surface area contributed by atoms with E-state index in [4.69, 9.17) is 0 Å². The molecule has 0 saturated carbocycles. The van der Waals surface area contributed by atoms with Crippen molar-refractivity contribution >= 4 is 48.9 Å². The maximum atomic E-state index is 13.6. The minimum absolute atomic E-state index is 0.587. The van der Waals surface area contributed by atoms with Crippen LogP contribution in [0.25, 0.3) is 48.9 Å². The number of benzene rings is 4. The van der Waals surface area contributed by atoms with Crippen molar-refractivity contribution in [2.45, 2.75) is 26.9 Å². The molecule has 0 amide bonds. The van der Waals surface area contributed by atoms with E-state index >= 15 is 0 Å². The molecular formula is C27H19F3N2. The summed E-state index contributed by atoms with van der Waals surface area (Å²) in [4.78, 5) is 4.60. The molecule has 0 N–H and O–H groups in total. The fourth-order valence-corrected chi connectivity index (χ4v) is 5.11. The SMILES string of the molecule is Cc1ccc2cc3c(c(C)c2c1)c1cc(C)c2ccc(C(F)(F)F)cc2c1n1ccnc31. The zero-order valence-electron chi connectivity index (χ0n) is 17.8. The smallest absolute Gasteiger partial charge is 0.299 e. The fourth-order valence-electron chi connectivity index (χ4n) is 5.11. The van der Waals surface area contributed by atoms with Crippen LogP contribution in [0.2, 0.25) is 0 Å². The number of hydrogen-bond acceptors (Lipinski definition) is 1. The van der Waals surface area contributed by atoms with Crippen LogP contribution in [0.15, 0.2) is 60.9 Å². The van der Waals surface area contributed by atoms with Crippen LogP contribution >= 0.6 is 0 Å². The second-order valence-electron chi connectivity index (χ2n) is 8.62. The van der Waals surface area contributed by atoms with E-state index in [1.54, 1.807) is 12.3 Å². The molecule has 0 aliphatic carbocycles. The zero-order valence-corrected chi connectivity index (χ0v) is 17.8. The van der Waals surface area contributed by atoms with Crippen LogP contribution in [-0.4, -0.2) is 9.38 Å². The standard InChI is InChI=1S/C27H19F3N2/c1-14-4-5-17-12-23-24(16(3)20(17)10-14)22-11-15(2)19-7-6-18(27(28,29)30)13-21(19)25(22)32-9-8-31-26(23)32/h4-13H,1-3H3. The summed E-state index contributed by atoms with van der Waals surface area (Å²) in [6.45, 7) is 6.11. The number of aryl methyl sites for hydroxylation is 3. The highest BCUT2D eigenvalue weighted by atomic mass is 19.4. The highest BCUT2D eigenvalue weighted by Crippen LogP contribution is 2.41. The predicted molar refractivity (Wildman–Crippen MR) is 124 cm³/mol. The van der Waals surface area contributed by atoms with Crippen molar-refractivity contribution in [1.82, 2.24) is 9.38 Å². The number of halogens is 3. The van der Waals surface area contributed by atoms with E-state index in [1.165, 1.54) is 11.6 Å². The summed E-state index contributed by atoms with van der Waals surface area (Å²) in [6, 6.07) is 14.6. The first-order valence-corrected chi connectivity index (χ1v) is 10.5. The molecule has 0 atom stereocenters. The van der Waals surface area contributed by atoms with E-state index in [0.29, 0.717) is 5.39 Å². The molecule has 2 heterocycles. The number of aromatic nitrogens is 2. The molecule has 4 aromatic carbocycles. The maximum absolute atomic E-state index is 13.6. The monoisotopic (exact) mass is 428 g/mol. The van der Waals surface area contributed by atoms with Crippen molar-refractivity contribution in [3.8, 4) is 0 Å². The van der Waals surface area contributed by atoms with Crippen molar-refractivity contribution in [2.24, 2.45) is 0 Å². The second kappa shape index (κ2) is 6.22. The van der Waals surface area contributed by atoms with Gasteiger partial charge in [-0.05, 0) is 77.7 Å². The van der Waals surface area contributed by atoms with Gasteiger partial charge in [0.2, 0.25) is 0 Å². The Labute approximate surface area is 181 Å². The first kappa shape index (κ1) is 19.1. The zero-order chi connectivity index (χ0) is 22.4. The normalized spacial score (nSPS) is 12.7. The van der Waals surface area contributed by atoms with Crippen LogP contribution in [0.1, 0.15) is 22.3 Å². The lowest BCUT2D eigenvalue weighted by Crippen LogP contribution is -2.05. The fraction of sp³-hybridized carbons (Fsp3) is 0.148. The van der Waals surface area contributed by atoms with E-state index < -0.39 is 11.7 Å². The van der Waals surface area contributed by atoms with E-state index in [1.807, 2.05) is 17.5 Å². The quantitative estimate of drug-likeness (QED) is 0.178. The molecule has 2 aromatic heterocycles. The van der Waals surface area contributed by atoms with Crippen LogP contribution in [-0.2, 0) is 6.18 Å². The Morgan fingerprint density at radius 2 is 1.59 bits per heavy atom. The topological polar surface area (TPSA) is 17.3 Å². The number of nitrogens with zero attached hydrogens (tertiary/aromatic N) is 2. The largest absolute Gasteiger partial charge is 0.416 e. The molecule has 0 fully saturated rings. The predicted octanol–water partition coefficient (Wildman–Crippen LogP) is 7.89. The Kier molecular flexibility index (Phi) is 3.72. The number of alkyl halides is 3. The molecule has 32 heavy (non-hydrogen) atoms. The third-order valence-electron chi connectivity index (χ3n) is 6.59. The molecule has 5 heteroatoms. The molecule has 0 bridgehead atoms. The van der Waals surface area contributed by atoms with Gasteiger partial charge >= 0.3 is 6.18 Å². The summed E-state index contributed by atoms with van der Waals surface area (Å²) in [5, 5.41) is 6.66. The van der Waals surface area contributed by atoms with Gasteiger partial charge in [0.25, 0.3) is 0 Å². The number of hydrogen-bond donors (Lipinski definition) is 0. The van der Waals surface area contributed by atoms with Crippen molar-refractivity contribution in [2.75, 3.05) is 0 Å². The van der Waals surface area contributed by atoms with Gasteiger partial charge in [-0.1, -0.05) is 29.8 Å². The molecule has 0 radical (unpaired) electrons. The summed E-state index contributed by atoms with van der Waals surface area (Å²) < 4.78 is 42.7. The third kappa shape index (κ3) is 2.51. The number of pyridine rings is 1. The van der Waals surface area contributed by atoms with Gasteiger partial charge in [-0.2, -0.15) is 13.2 Å². The molecule has 0 unspecified atom stereocenters. The molecule has 6 aromatic rings. The van der Waals surface area contributed by atoms with Gasteiger partial charge in [0.05, 0.1) is 11.1 Å². The van der Waals surface area contributed by atoms with Crippen molar-refractivity contribution in [1.29, 1.82) is 0 Å². The van der Waals surface area contributed by atoms with Gasteiger partial charge in [0, 0.05) is 28.6 Å². The number of rotatable bonds is 0. The van der Waals surface area contributed by atoms with Crippen LogP contribution in [0, 0.1) is 20.8 Å². The van der Waals surface area contributed by atoms with E-state index in [9.17, 15) is 13.2 Å². The Balaban J connectivity index is 1.94. The van der Waals surface area contributed by atoms with Gasteiger partial charge in [0.15, 0.2) is 0 Å². The summed E-state index contributed by atoms with van der Waals surface area (Å²) in [5.74, 6) is 0. The summed E-state index contributed by atoms with van der Waals surface area (Å²) in [7, 11) is 0. The number of fused-ring (bicyclic) bond motifs is 9. The minimum atomic E-state index is -4.40. The Bertz CT molecular complexity index is 1740. The van der Waals surface area contributed by atoms with E-state index in [-0.39, 0.29) is 0 Å². The first-order chi connectivity index (χ1) is 15.2. The molecule has 158 valence electrons. The molecule has 6 rings (SSSR count). The Morgan fingerprint density at radius 3 is 2.38 bits per heavy atom.